The fourth-order valence-corrected chi connectivity index (χ4v) is 2.95. The molecular formula is C16H25FN2O. The lowest BCUT2D eigenvalue weighted by atomic mass is 9.93. The molecule has 2 rings (SSSR count). The highest BCUT2D eigenvalue weighted by molar-refractivity contribution is 5.55. The van der Waals surface area contributed by atoms with E-state index in [0.29, 0.717) is 6.42 Å². The van der Waals surface area contributed by atoms with Crippen molar-refractivity contribution in [2.75, 3.05) is 25.1 Å². The molecule has 0 aromatic heterocycles. The van der Waals surface area contributed by atoms with Crippen LogP contribution in [0.2, 0.25) is 0 Å². The summed E-state index contributed by atoms with van der Waals surface area (Å²) in [7, 11) is 1.76. The Balaban J connectivity index is 2.27. The van der Waals surface area contributed by atoms with Gasteiger partial charge in [-0.3, -0.25) is 0 Å². The molecule has 0 saturated carbocycles. The number of halogens is 1. The topological polar surface area (TPSA) is 38.5 Å². The summed E-state index contributed by atoms with van der Waals surface area (Å²) in [5.41, 5.74) is 7.84. The molecule has 1 aromatic rings. The summed E-state index contributed by atoms with van der Waals surface area (Å²) in [6.07, 6.45) is 2.83. The summed E-state index contributed by atoms with van der Waals surface area (Å²) < 4.78 is 19.1. The maximum Gasteiger partial charge on any atom is 0.123 e. The van der Waals surface area contributed by atoms with E-state index < -0.39 is 0 Å². The molecule has 0 spiro atoms. The molecule has 1 heterocycles. The summed E-state index contributed by atoms with van der Waals surface area (Å²) in [6, 6.07) is 5.03. The molecule has 0 aliphatic carbocycles. The van der Waals surface area contributed by atoms with E-state index in [2.05, 4.69) is 11.8 Å². The van der Waals surface area contributed by atoms with E-state index in [-0.39, 0.29) is 17.5 Å². The number of anilines is 1. The first-order valence-corrected chi connectivity index (χ1v) is 7.28. The van der Waals surface area contributed by atoms with Gasteiger partial charge in [0.15, 0.2) is 0 Å². The van der Waals surface area contributed by atoms with Crippen LogP contribution in [0.1, 0.15) is 32.3 Å². The van der Waals surface area contributed by atoms with Crippen molar-refractivity contribution in [3.63, 3.8) is 0 Å². The van der Waals surface area contributed by atoms with Crippen molar-refractivity contribution in [3.8, 4) is 0 Å². The van der Waals surface area contributed by atoms with E-state index in [9.17, 15) is 4.39 Å². The number of ether oxygens (including phenoxy) is 1. The lowest BCUT2D eigenvalue weighted by Crippen LogP contribution is -2.47. The average Bonchev–Trinajstić information content (AvgIpc) is 2.38. The molecule has 3 nitrogen and oxygen atoms in total. The lowest BCUT2D eigenvalue weighted by molar-refractivity contribution is -0.00468. The van der Waals surface area contributed by atoms with Gasteiger partial charge >= 0.3 is 0 Å². The number of hydrogen-bond donors (Lipinski definition) is 1. The zero-order valence-electron chi connectivity index (χ0n) is 12.7. The first-order chi connectivity index (χ1) is 9.43. The molecule has 1 aliphatic rings. The lowest BCUT2D eigenvalue weighted by Gasteiger charge is -2.41. The summed E-state index contributed by atoms with van der Waals surface area (Å²) in [6.45, 7) is 5.90. The Bertz CT molecular complexity index is 464. The number of nitrogens with two attached hydrogens (primary N) is 1. The predicted molar refractivity (Wildman–Crippen MR) is 80.6 cm³/mol. The number of nitrogens with zero attached hydrogens (tertiary/aromatic N) is 1. The fourth-order valence-electron chi connectivity index (χ4n) is 2.95. The van der Waals surface area contributed by atoms with Crippen molar-refractivity contribution < 1.29 is 9.13 Å². The smallest absolute Gasteiger partial charge is 0.123 e. The Hall–Kier alpha value is -1.13. The summed E-state index contributed by atoms with van der Waals surface area (Å²) >= 11 is 0. The highest BCUT2D eigenvalue weighted by Gasteiger charge is 2.31. The zero-order chi connectivity index (χ0) is 14.8. The molecule has 1 aromatic carbocycles. The Labute approximate surface area is 120 Å². The van der Waals surface area contributed by atoms with E-state index in [0.717, 1.165) is 37.2 Å². The maximum absolute atomic E-state index is 13.5. The molecule has 2 unspecified atom stereocenters. The standard InChI is InChI=1S/C16H25FN2O/c1-12(18)9-13-10-14(17)5-6-15(13)19-8-4-7-16(2,11-19)20-3/h5-6,10,12H,4,7-9,11,18H2,1-3H3. The van der Waals surface area contributed by atoms with Crippen LogP contribution in [0.15, 0.2) is 18.2 Å². The van der Waals surface area contributed by atoms with E-state index in [1.807, 2.05) is 13.0 Å². The van der Waals surface area contributed by atoms with Crippen LogP contribution in [0, 0.1) is 5.82 Å². The molecule has 112 valence electrons. The number of benzene rings is 1. The van der Waals surface area contributed by atoms with Crippen LogP contribution in [-0.4, -0.2) is 31.8 Å². The number of hydrogen-bond acceptors (Lipinski definition) is 3. The Morgan fingerprint density at radius 1 is 1.50 bits per heavy atom. The van der Waals surface area contributed by atoms with Gasteiger partial charge in [0, 0.05) is 31.9 Å². The third-order valence-electron chi connectivity index (χ3n) is 4.08. The van der Waals surface area contributed by atoms with Gasteiger partial charge in [0.25, 0.3) is 0 Å². The van der Waals surface area contributed by atoms with Gasteiger partial charge in [-0.1, -0.05) is 0 Å². The van der Waals surface area contributed by atoms with Crippen molar-refractivity contribution in [1.29, 1.82) is 0 Å². The first-order valence-electron chi connectivity index (χ1n) is 7.28. The van der Waals surface area contributed by atoms with E-state index in [4.69, 9.17) is 10.5 Å². The van der Waals surface area contributed by atoms with Crippen LogP contribution < -0.4 is 10.6 Å². The molecule has 1 saturated heterocycles. The third-order valence-corrected chi connectivity index (χ3v) is 4.08. The Kier molecular flexibility index (Phi) is 4.66. The quantitative estimate of drug-likeness (QED) is 0.921. The fraction of sp³-hybridized carbons (Fsp3) is 0.625. The molecular weight excluding hydrogens is 255 g/mol. The second-order valence-electron chi connectivity index (χ2n) is 6.13. The first kappa shape index (κ1) is 15.3. The molecule has 1 aliphatic heterocycles. The molecule has 0 radical (unpaired) electrons. The van der Waals surface area contributed by atoms with Gasteiger partial charge in [0.05, 0.1) is 5.60 Å². The van der Waals surface area contributed by atoms with Gasteiger partial charge in [-0.2, -0.15) is 0 Å². The Morgan fingerprint density at radius 2 is 2.25 bits per heavy atom. The molecule has 2 N–H and O–H groups in total. The zero-order valence-corrected chi connectivity index (χ0v) is 12.7. The molecule has 2 atom stereocenters. The normalized spacial score (nSPS) is 24.8. The average molecular weight is 280 g/mol. The number of rotatable bonds is 4. The minimum absolute atomic E-state index is 0.0224. The van der Waals surface area contributed by atoms with E-state index in [1.165, 1.54) is 6.07 Å². The highest BCUT2D eigenvalue weighted by Crippen LogP contribution is 2.31. The van der Waals surface area contributed by atoms with E-state index in [1.54, 1.807) is 13.2 Å². The second-order valence-corrected chi connectivity index (χ2v) is 6.13. The van der Waals surface area contributed by atoms with Gasteiger partial charge in [-0.15, -0.1) is 0 Å². The second kappa shape index (κ2) is 6.10. The van der Waals surface area contributed by atoms with Gasteiger partial charge in [-0.05, 0) is 56.9 Å². The predicted octanol–water partition coefficient (Wildman–Crippen LogP) is 2.72. The number of methoxy groups -OCH3 is 1. The Morgan fingerprint density at radius 3 is 2.90 bits per heavy atom. The summed E-state index contributed by atoms with van der Waals surface area (Å²) in [4.78, 5) is 2.30. The molecule has 1 fully saturated rings. The van der Waals surface area contributed by atoms with Crippen LogP contribution in [0.5, 0.6) is 0 Å². The van der Waals surface area contributed by atoms with Crippen LogP contribution in [0.3, 0.4) is 0 Å². The highest BCUT2D eigenvalue weighted by atomic mass is 19.1. The number of piperidine rings is 1. The van der Waals surface area contributed by atoms with Crippen molar-refractivity contribution in [1.82, 2.24) is 0 Å². The van der Waals surface area contributed by atoms with Gasteiger partial charge < -0.3 is 15.4 Å². The van der Waals surface area contributed by atoms with Crippen molar-refractivity contribution >= 4 is 5.69 Å². The van der Waals surface area contributed by atoms with Gasteiger partial charge in [0.1, 0.15) is 5.82 Å². The third kappa shape index (κ3) is 3.49. The van der Waals surface area contributed by atoms with Gasteiger partial charge in [-0.25, -0.2) is 4.39 Å². The van der Waals surface area contributed by atoms with Gasteiger partial charge in [0.2, 0.25) is 0 Å². The SMILES string of the molecule is COC1(C)CCCN(c2ccc(F)cc2CC(C)N)C1. The van der Waals surface area contributed by atoms with Crippen LogP contribution >= 0.6 is 0 Å². The van der Waals surface area contributed by atoms with Crippen molar-refractivity contribution in [2.24, 2.45) is 5.73 Å². The van der Waals surface area contributed by atoms with Crippen LogP contribution in [0.25, 0.3) is 0 Å². The summed E-state index contributed by atoms with van der Waals surface area (Å²) in [5, 5.41) is 0. The maximum atomic E-state index is 13.5. The van der Waals surface area contributed by atoms with Crippen LogP contribution in [0.4, 0.5) is 10.1 Å². The van der Waals surface area contributed by atoms with E-state index >= 15 is 0 Å². The van der Waals surface area contributed by atoms with Crippen LogP contribution in [-0.2, 0) is 11.2 Å². The van der Waals surface area contributed by atoms with Crippen molar-refractivity contribution in [3.05, 3.63) is 29.6 Å². The summed E-state index contributed by atoms with van der Waals surface area (Å²) in [5.74, 6) is -0.198. The van der Waals surface area contributed by atoms with Crippen molar-refractivity contribution in [2.45, 2.75) is 44.8 Å². The molecule has 20 heavy (non-hydrogen) atoms. The molecule has 0 bridgehead atoms. The largest absolute Gasteiger partial charge is 0.377 e. The molecule has 4 heteroatoms. The minimum atomic E-state index is -0.198. The minimum Gasteiger partial charge on any atom is -0.377 e. The molecule has 0 amide bonds. The monoisotopic (exact) mass is 280 g/mol.